The highest BCUT2D eigenvalue weighted by molar-refractivity contribution is 7.11. The van der Waals surface area contributed by atoms with Gasteiger partial charge in [-0.1, -0.05) is 18.2 Å². The van der Waals surface area contributed by atoms with E-state index in [9.17, 15) is 32.0 Å². The number of hydrogen-bond acceptors (Lipinski definition) is 5. The van der Waals surface area contributed by atoms with Gasteiger partial charge >= 0.3 is 12.1 Å². The summed E-state index contributed by atoms with van der Waals surface area (Å²) in [7, 11) is 0. The Hall–Kier alpha value is -4.04. The molecule has 0 spiro atoms. The van der Waals surface area contributed by atoms with Gasteiger partial charge in [0, 0.05) is 4.88 Å². The van der Waals surface area contributed by atoms with Gasteiger partial charge in [-0.15, -0.1) is 11.3 Å². The number of rotatable bonds is 6. The van der Waals surface area contributed by atoms with Crippen LogP contribution in [-0.4, -0.2) is 15.7 Å². The molecule has 11 heteroatoms. The number of para-hydroxylation sites is 1. The standard InChI is InChI=1S/C26H18F5N3O2S/c1-15-22(33-16(2)37-15)14-34-23(12-21(20(13-32)24(34)35)25(27,28)26(29,30)31)17-8-10-19(11-9-17)36-18-6-4-3-5-7-18/h3-12H,14H2,1-2H3. The molecule has 0 bridgehead atoms. The van der Waals surface area contributed by atoms with E-state index in [-0.39, 0.29) is 17.8 Å². The number of nitrogens with zero attached hydrogens (tertiary/aromatic N) is 3. The lowest BCUT2D eigenvalue weighted by atomic mass is 9.99. The molecule has 4 aromatic rings. The number of halogens is 5. The monoisotopic (exact) mass is 531 g/mol. The molecule has 0 radical (unpaired) electrons. The van der Waals surface area contributed by atoms with Crippen molar-refractivity contribution in [1.29, 1.82) is 5.26 Å². The van der Waals surface area contributed by atoms with Gasteiger partial charge in [-0.05, 0) is 61.9 Å². The van der Waals surface area contributed by atoms with Crippen LogP contribution in [0.4, 0.5) is 22.0 Å². The quantitative estimate of drug-likeness (QED) is 0.253. The summed E-state index contributed by atoms with van der Waals surface area (Å²) in [4.78, 5) is 18.3. The maximum absolute atomic E-state index is 14.5. The second-order valence-corrected chi connectivity index (χ2v) is 9.48. The van der Waals surface area contributed by atoms with E-state index in [1.165, 1.54) is 41.7 Å². The average Bonchev–Trinajstić information content (AvgIpc) is 3.17. The van der Waals surface area contributed by atoms with Crippen LogP contribution in [0.2, 0.25) is 0 Å². The number of hydrogen-bond donors (Lipinski definition) is 0. The molecule has 4 rings (SSSR count). The number of aromatic nitrogens is 2. The Balaban J connectivity index is 1.89. The Labute approximate surface area is 212 Å². The van der Waals surface area contributed by atoms with Gasteiger partial charge < -0.3 is 9.30 Å². The molecule has 37 heavy (non-hydrogen) atoms. The minimum atomic E-state index is -6.01. The van der Waals surface area contributed by atoms with Crippen molar-refractivity contribution in [3.63, 3.8) is 0 Å². The highest BCUT2D eigenvalue weighted by Crippen LogP contribution is 2.45. The lowest BCUT2D eigenvalue weighted by molar-refractivity contribution is -0.289. The number of nitriles is 1. The van der Waals surface area contributed by atoms with Crippen molar-refractivity contribution in [2.24, 2.45) is 0 Å². The molecule has 0 aliphatic carbocycles. The number of benzene rings is 2. The molecule has 0 amide bonds. The molecule has 0 unspecified atom stereocenters. The molecule has 2 heterocycles. The van der Waals surface area contributed by atoms with Crippen molar-refractivity contribution in [3.8, 4) is 28.8 Å². The molecule has 190 valence electrons. The van der Waals surface area contributed by atoms with Crippen LogP contribution in [0.1, 0.15) is 26.7 Å². The van der Waals surface area contributed by atoms with Crippen LogP contribution < -0.4 is 10.3 Å². The van der Waals surface area contributed by atoms with Crippen molar-refractivity contribution in [2.75, 3.05) is 0 Å². The second-order valence-electron chi connectivity index (χ2n) is 8.07. The van der Waals surface area contributed by atoms with Gasteiger partial charge in [-0.2, -0.15) is 27.2 Å². The van der Waals surface area contributed by atoms with Crippen LogP contribution in [0.5, 0.6) is 11.5 Å². The fourth-order valence-electron chi connectivity index (χ4n) is 3.74. The lowest BCUT2D eigenvalue weighted by Gasteiger charge is -2.23. The Kier molecular flexibility index (Phi) is 6.88. The minimum Gasteiger partial charge on any atom is -0.457 e. The van der Waals surface area contributed by atoms with Gasteiger partial charge in [0.25, 0.3) is 5.56 Å². The Bertz CT molecular complexity index is 1540. The average molecular weight is 532 g/mol. The number of alkyl halides is 5. The summed E-state index contributed by atoms with van der Waals surface area (Å²) < 4.78 is 75.4. The van der Waals surface area contributed by atoms with E-state index < -0.39 is 28.8 Å². The third-order valence-electron chi connectivity index (χ3n) is 5.54. The molecule has 0 fully saturated rings. The molecule has 5 nitrogen and oxygen atoms in total. The summed E-state index contributed by atoms with van der Waals surface area (Å²) in [5.41, 5.74) is -3.86. The lowest BCUT2D eigenvalue weighted by Crippen LogP contribution is -2.38. The van der Waals surface area contributed by atoms with E-state index in [1.54, 1.807) is 44.2 Å². The summed E-state index contributed by atoms with van der Waals surface area (Å²) in [6.07, 6.45) is -6.01. The van der Waals surface area contributed by atoms with Gasteiger partial charge in [0.05, 0.1) is 28.5 Å². The van der Waals surface area contributed by atoms with E-state index in [2.05, 4.69) is 4.98 Å². The van der Waals surface area contributed by atoms with Crippen molar-refractivity contribution >= 4 is 11.3 Å². The number of thiazole rings is 1. The van der Waals surface area contributed by atoms with Crippen molar-refractivity contribution in [1.82, 2.24) is 9.55 Å². The molecule has 0 saturated heterocycles. The van der Waals surface area contributed by atoms with Gasteiger partial charge in [0.1, 0.15) is 23.1 Å². The summed E-state index contributed by atoms with van der Waals surface area (Å²) in [5, 5.41) is 10.1. The van der Waals surface area contributed by atoms with Crippen LogP contribution >= 0.6 is 11.3 Å². The Morgan fingerprint density at radius 1 is 1.00 bits per heavy atom. The predicted octanol–water partition coefficient (Wildman–Crippen LogP) is 6.96. The molecule has 2 aromatic carbocycles. The fourth-order valence-corrected chi connectivity index (χ4v) is 4.56. The first-order chi connectivity index (χ1) is 17.4. The third kappa shape index (κ3) is 5.11. The fraction of sp³-hybridized carbons (Fsp3) is 0.192. The van der Waals surface area contributed by atoms with Crippen molar-refractivity contribution < 1.29 is 26.7 Å². The van der Waals surface area contributed by atoms with E-state index in [4.69, 9.17) is 4.74 Å². The van der Waals surface area contributed by atoms with E-state index in [0.29, 0.717) is 28.3 Å². The Morgan fingerprint density at radius 3 is 2.16 bits per heavy atom. The normalized spacial score (nSPS) is 11.8. The zero-order chi connectivity index (χ0) is 27.0. The van der Waals surface area contributed by atoms with Gasteiger partial charge in [-0.3, -0.25) is 4.79 Å². The van der Waals surface area contributed by atoms with Crippen molar-refractivity contribution in [3.05, 3.63) is 97.7 Å². The molecular formula is C26H18F5N3O2S. The summed E-state index contributed by atoms with van der Waals surface area (Å²) in [5.74, 6) is -4.51. The number of ether oxygens (including phenoxy) is 1. The smallest absolute Gasteiger partial charge is 0.457 e. The van der Waals surface area contributed by atoms with E-state index >= 15 is 0 Å². The summed E-state index contributed by atoms with van der Waals surface area (Å²) >= 11 is 1.34. The summed E-state index contributed by atoms with van der Waals surface area (Å²) in [6, 6.07) is 16.4. The summed E-state index contributed by atoms with van der Waals surface area (Å²) in [6.45, 7) is 3.26. The topological polar surface area (TPSA) is 67.9 Å². The maximum atomic E-state index is 14.5. The first-order valence-electron chi connectivity index (χ1n) is 10.8. The Morgan fingerprint density at radius 2 is 1.62 bits per heavy atom. The van der Waals surface area contributed by atoms with Crippen LogP contribution in [0, 0.1) is 25.2 Å². The van der Waals surface area contributed by atoms with Gasteiger partial charge in [0.2, 0.25) is 0 Å². The van der Waals surface area contributed by atoms with Gasteiger partial charge in [0.15, 0.2) is 0 Å². The largest absolute Gasteiger partial charge is 0.458 e. The third-order valence-corrected chi connectivity index (χ3v) is 6.47. The first-order valence-corrected chi connectivity index (χ1v) is 11.6. The zero-order valence-electron chi connectivity index (χ0n) is 19.4. The SMILES string of the molecule is Cc1nc(Cn2c(-c3ccc(Oc4ccccc4)cc3)cc(C(F)(F)C(F)(F)F)c(C#N)c2=O)c(C)s1. The second kappa shape index (κ2) is 9.78. The maximum Gasteiger partial charge on any atom is 0.458 e. The van der Waals surface area contributed by atoms with E-state index in [1.807, 2.05) is 0 Å². The molecule has 0 saturated carbocycles. The molecule has 2 aromatic heterocycles. The molecule has 0 aliphatic rings. The predicted molar refractivity (Wildman–Crippen MR) is 128 cm³/mol. The zero-order valence-corrected chi connectivity index (χ0v) is 20.3. The first kappa shape index (κ1) is 26.0. The molecule has 0 N–H and O–H groups in total. The van der Waals surface area contributed by atoms with Crippen LogP contribution in [0.25, 0.3) is 11.3 Å². The van der Waals surface area contributed by atoms with Crippen LogP contribution in [0.15, 0.2) is 65.5 Å². The van der Waals surface area contributed by atoms with Crippen LogP contribution in [0.3, 0.4) is 0 Å². The highest BCUT2D eigenvalue weighted by Gasteiger charge is 2.60. The number of aryl methyl sites for hydroxylation is 2. The number of pyridine rings is 1. The van der Waals surface area contributed by atoms with E-state index in [0.717, 1.165) is 9.44 Å². The van der Waals surface area contributed by atoms with Gasteiger partial charge in [-0.25, -0.2) is 4.98 Å². The van der Waals surface area contributed by atoms with Crippen molar-refractivity contribution in [2.45, 2.75) is 32.5 Å². The van der Waals surface area contributed by atoms with Crippen LogP contribution in [-0.2, 0) is 12.5 Å². The minimum absolute atomic E-state index is 0.172. The highest BCUT2D eigenvalue weighted by atomic mass is 32.1. The molecule has 0 aliphatic heterocycles. The molecule has 0 atom stereocenters. The molecular weight excluding hydrogens is 513 g/mol.